The topological polar surface area (TPSA) is 37.4 Å². The van der Waals surface area contributed by atoms with Crippen molar-refractivity contribution in [3.8, 4) is 0 Å². The minimum absolute atomic E-state index is 0.00653. The van der Waals surface area contributed by atoms with Gasteiger partial charge in [-0.15, -0.1) is 0 Å². The number of Topliss-reactive ketones (excluding diaryl/α,β-unsaturated/α-hetero) is 1. The first kappa shape index (κ1) is 8.30. The van der Waals surface area contributed by atoms with Crippen LogP contribution >= 0.6 is 0 Å². The molecule has 1 atom stereocenters. The molecule has 1 saturated heterocycles. The average molecular weight is 151 g/mol. The van der Waals surface area contributed by atoms with Gasteiger partial charge in [-0.3, -0.25) is 4.79 Å². The van der Waals surface area contributed by atoms with E-state index in [-0.39, 0.29) is 11.7 Å². The highest BCUT2D eigenvalue weighted by Gasteiger charge is 2.23. The van der Waals surface area contributed by atoms with Crippen molar-refractivity contribution in [1.29, 1.82) is 0 Å². The summed E-state index contributed by atoms with van der Waals surface area (Å²) in [6.07, 6.45) is 0.404. The summed E-state index contributed by atoms with van der Waals surface area (Å²) >= 11 is 0. The Morgan fingerprint density at radius 1 is 1.73 bits per heavy atom. The molecule has 0 spiro atoms. The van der Waals surface area contributed by atoms with E-state index in [2.05, 4.69) is 0 Å². The molecule has 0 N–H and O–H groups in total. The van der Waals surface area contributed by atoms with Crippen LogP contribution in [0.5, 0.6) is 0 Å². The van der Waals surface area contributed by atoms with Crippen LogP contribution in [0.1, 0.15) is 13.3 Å². The quantitative estimate of drug-likeness (QED) is 0.448. The van der Waals surface area contributed by atoms with Crippen LogP contribution in [0.15, 0.2) is 0 Å². The van der Waals surface area contributed by atoms with E-state index in [1.54, 1.807) is 4.90 Å². The highest BCUT2D eigenvalue weighted by Crippen LogP contribution is 2.14. The van der Waals surface area contributed by atoms with Crippen LogP contribution in [0.2, 0.25) is 5.82 Å². The number of hydrogen-bond acceptors (Lipinski definition) is 2. The van der Waals surface area contributed by atoms with Crippen molar-refractivity contribution in [3.05, 3.63) is 0 Å². The number of nitrogens with zero attached hydrogens (tertiary/aromatic N) is 1. The van der Waals surface area contributed by atoms with Crippen molar-refractivity contribution < 1.29 is 9.59 Å². The summed E-state index contributed by atoms with van der Waals surface area (Å²) < 4.78 is 0. The van der Waals surface area contributed by atoms with Crippen LogP contribution in [0.3, 0.4) is 0 Å². The van der Waals surface area contributed by atoms with Crippen LogP contribution in [-0.2, 0) is 9.59 Å². The predicted octanol–water partition coefficient (Wildman–Crippen LogP) is -0.235. The summed E-state index contributed by atoms with van der Waals surface area (Å²) in [6.45, 7) is 2.40. The molecular formula is C7H10BNO2. The van der Waals surface area contributed by atoms with Crippen LogP contribution in [0, 0.1) is 0 Å². The van der Waals surface area contributed by atoms with Gasteiger partial charge in [0.25, 0.3) is 0 Å². The Hall–Kier alpha value is -0.795. The summed E-state index contributed by atoms with van der Waals surface area (Å²) in [5.41, 5.74) is 0. The lowest BCUT2D eigenvalue weighted by Gasteiger charge is -2.29. The van der Waals surface area contributed by atoms with Crippen LogP contribution in [-0.4, -0.2) is 37.5 Å². The molecule has 0 saturated carbocycles. The second kappa shape index (κ2) is 3.07. The van der Waals surface area contributed by atoms with E-state index in [0.717, 1.165) is 0 Å². The SMILES string of the molecule is [B]C1CN(C(C)=O)CCC1=O. The Morgan fingerprint density at radius 3 is 2.82 bits per heavy atom. The molecule has 0 bridgehead atoms. The molecule has 2 radical (unpaired) electrons. The second-order valence-electron chi connectivity index (χ2n) is 2.79. The molecule has 1 rings (SSSR count). The van der Waals surface area contributed by atoms with Gasteiger partial charge < -0.3 is 9.69 Å². The van der Waals surface area contributed by atoms with Crippen molar-refractivity contribution in [3.63, 3.8) is 0 Å². The molecule has 1 fully saturated rings. The van der Waals surface area contributed by atoms with Gasteiger partial charge in [-0.1, -0.05) is 0 Å². The lowest BCUT2D eigenvalue weighted by Crippen LogP contribution is -2.40. The zero-order valence-electron chi connectivity index (χ0n) is 6.54. The zero-order valence-corrected chi connectivity index (χ0v) is 6.54. The number of carbonyl (C=O) groups excluding carboxylic acids is 2. The number of piperidine rings is 1. The number of amides is 1. The standard InChI is InChI=1S/C7H10BNO2/c1-5(10)9-3-2-7(11)6(8)4-9/h6H,2-4H2,1H3. The van der Waals surface area contributed by atoms with Crippen molar-refractivity contribution in [2.24, 2.45) is 0 Å². The Kier molecular flexibility index (Phi) is 2.32. The fourth-order valence-corrected chi connectivity index (χ4v) is 1.15. The van der Waals surface area contributed by atoms with E-state index in [4.69, 9.17) is 7.85 Å². The summed E-state index contributed by atoms with van der Waals surface area (Å²) in [7, 11) is 5.46. The average Bonchev–Trinajstić information content (AvgIpc) is 1.94. The maximum absolute atomic E-state index is 10.9. The third-order valence-corrected chi connectivity index (χ3v) is 1.90. The van der Waals surface area contributed by atoms with Gasteiger partial charge in [-0.05, 0) is 5.82 Å². The van der Waals surface area contributed by atoms with Gasteiger partial charge in [-0.25, -0.2) is 0 Å². The Bertz CT molecular complexity index is 193. The molecule has 1 amide bonds. The predicted molar refractivity (Wildman–Crippen MR) is 41.4 cm³/mol. The monoisotopic (exact) mass is 151 g/mol. The number of likely N-dealkylation sites (tertiary alicyclic amines) is 1. The van der Waals surface area contributed by atoms with Gasteiger partial charge >= 0.3 is 0 Å². The maximum Gasteiger partial charge on any atom is 0.219 e. The van der Waals surface area contributed by atoms with Gasteiger partial charge in [0.2, 0.25) is 5.91 Å². The molecule has 3 nitrogen and oxygen atoms in total. The molecule has 1 aliphatic heterocycles. The van der Waals surface area contributed by atoms with Crippen molar-refractivity contribution in [1.82, 2.24) is 4.90 Å². The van der Waals surface area contributed by atoms with Crippen LogP contribution in [0.4, 0.5) is 0 Å². The van der Waals surface area contributed by atoms with Crippen LogP contribution in [0.25, 0.3) is 0 Å². The lowest BCUT2D eigenvalue weighted by atomic mass is 9.80. The molecule has 1 aliphatic rings. The number of rotatable bonds is 0. The molecular weight excluding hydrogens is 141 g/mol. The first-order chi connectivity index (χ1) is 5.11. The molecule has 0 aromatic heterocycles. The van der Waals surface area contributed by atoms with Crippen molar-refractivity contribution in [2.45, 2.75) is 19.2 Å². The largest absolute Gasteiger partial charge is 0.343 e. The minimum atomic E-state index is -0.465. The molecule has 0 aromatic rings. The van der Waals surface area contributed by atoms with Crippen molar-refractivity contribution in [2.75, 3.05) is 13.1 Å². The molecule has 58 valence electrons. The Morgan fingerprint density at radius 2 is 2.36 bits per heavy atom. The molecule has 1 unspecified atom stereocenters. The fourth-order valence-electron chi connectivity index (χ4n) is 1.15. The maximum atomic E-state index is 10.9. The summed E-state index contributed by atoms with van der Waals surface area (Å²) in [6, 6.07) is 0. The zero-order chi connectivity index (χ0) is 8.43. The van der Waals surface area contributed by atoms with E-state index in [0.29, 0.717) is 19.5 Å². The van der Waals surface area contributed by atoms with Gasteiger partial charge in [0, 0.05) is 26.4 Å². The van der Waals surface area contributed by atoms with Gasteiger partial charge in [0.05, 0.1) is 7.85 Å². The highest BCUT2D eigenvalue weighted by atomic mass is 16.2. The first-order valence-corrected chi connectivity index (χ1v) is 3.65. The molecule has 0 aliphatic carbocycles. The van der Waals surface area contributed by atoms with Gasteiger partial charge in [0.15, 0.2) is 0 Å². The minimum Gasteiger partial charge on any atom is -0.343 e. The molecule has 4 heteroatoms. The number of hydrogen-bond donors (Lipinski definition) is 0. The lowest BCUT2D eigenvalue weighted by molar-refractivity contribution is -0.132. The molecule has 11 heavy (non-hydrogen) atoms. The highest BCUT2D eigenvalue weighted by molar-refractivity contribution is 6.24. The molecule has 0 aromatic carbocycles. The first-order valence-electron chi connectivity index (χ1n) is 3.65. The van der Waals surface area contributed by atoms with E-state index in [1.807, 2.05) is 0 Å². The van der Waals surface area contributed by atoms with E-state index >= 15 is 0 Å². The molecule has 1 heterocycles. The van der Waals surface area contributed by atoms with Crippen molar-refractivity contribution >= 4 is 19.5 Å². The fraction of sp³-hybridized carbons (Fsp3) is 0.714. The summed E-state index contributed by atoms with van der Waals surface area (Å²) in [4.78, 5) is 23.3. The van der Waals surface area contributed by atoms with E-state index in [1.165, 1.54) is 6.92 Å². The van der Waals surface area contributed by atoms with Crippen LogP contribution < -0.4 is 0 Å². The van der Waals surface area contributed by atoms with Gasteiger partial charge in [-0.2, -0.15) is 0 Å². The second-order valence-corrected chi connectivity index (χ2v) is 2.79. The number of ketones is 1. The Labute approximate surface area is 67.2 Å². The smallest absolute Gasteiger partial charge is 0.219 e. The van der Waals surface area contributed by atoms with E-state index in [9.17, 15) is 9.59 Å². The summed E-state index contributed by atoms with van der Waals surface area (Å²) in [5, 5.41) is 0. The normalized spacial score (nSPS) is 25.4. The number of carbonyl (C=O) groups is 2. The Balaban J connectivity index is 2.52. The van der Waals surface area contributed by atoms with E-state index < -0.39 is 5.82 Å². The summed E-state index contributed by atoms with van der Waals surface area (Å²) in [5.74, 6) is -0.414. The third-order valence-electron chi connectivity index (χ3n) is 1.90. The van der Waals surface area contributed by atoms with Gasteiger partial charge in [0.1, 0.15) is 5.78 Å². The third kappa shape index (κ3) is 1.82.